The first-order chi connectivity index (χ1) is 6.76. The Morgan fingerprint density at radius 2 is 1.87 bits per heavy atom. The zero-order valence-electron chi connectivity index (χ0n) is 10.1. The molecular formula is C12H21NO2. The number of esters is 1. The smallest absolute Gasteiger partial charge is 0.354 e. The Morgan fingerprint density at radius 1 is 1.33 bits per heavy atom. The van der Waals surface area contributed by atoms with Gasteiger partial charge in [-0.2, -0.15) is 0 Å². The molecule has 0 saturated heterocycles. The molecule has 0 amide bonds. The van der Waals surface area contributed by atoms with Gasteiger partial charge in [-0.05, 0) is 18.8 Å². The van der Waals surface area contributed by atoms with Crippen LogP contribution < -0.4 is 5.32 Å². The van der Waals surface area contributed by atoms with E-state index in [9.17, 15) is 4.79 Å². The molecule has 0 aliphatic heterocycles. The first kappa shape index (κ1) is 13.8. The van der Waals surface area contributed by atoms with Crippen molar-refractivity contribution in [3.05, 3.63) is 24.6 Å². The van der Waals surface area contributed by atoms with Crippen molar-refractivity contribution in [3.8, 4) is 0 Å². The van der Waals surface area contributed by atoms with Gasteiger partial charge >= 0.3 is 5.97 Å². The lowest BCUT2D eigenvalue weighted by Gasteiger charge is -2.20. The predicted molar refractivity (Wildman–Crippen MR) is 62.1 cm³/mol. The van der Waals surface area contributed by atoms with Crippen molar-refractivity contribution >= 4 is 5.97 Å². The lowest BCUT2D eigenvalue weighted by atomic mass is 9.91. The Balaban J connectivity index is 4.08. The molecule has 15 heavy (non-hydrogen) atoms. The van der Waals surface area contributed by atoms with Crippen LogP contribution in [0.1, 0.15) is 34.1 Å². The van der Waals surface area contributed by atoms with Crippen LogP contribution in [0.4, 0.5) is 0 Å². The number of hydrogen-bond donors (Lipinski definition) is 1. The van der Waals surface area contributed by atoms with E-state index in [2.05, 4.69) is 39.2 Å². The average Bonchev–Trinajstić information content (AvgIpc) is 2.00. The van der Waals surface area contributed by atoms with E-state index in [1.54, 1.807) is 6.92 Å². The van der Waals surface area contributed by atoms with E-state index in [0.29, 0.717) is 6.61 Å². The summed E-state index contributed by atoms with van der Waals surface area (Å²) in [5, 5.41) is 2.86. The number of rotatable bonds is 5. The van der Waals surface area contributed by atoms with Gasteiger partial charge in [-0.3, -0.25) is 0 Å². The largest absolute Gasteiger partial charge is 0.461 e. The van der Waals surface area contributed by atoms with Crippen LogP contribution in [0.3, 0.4) is 0 Å². The summed E-state index contributed by atoms with van der Waals surface area (Å²) in [5.74, 6) is -0.424. The Hall–Kier alpha value is -1.25. The van der Waals surface area contributed by atoms with Crippen molar-refractivity contribution in [2.45, 2.75) is 34.1 Å². The Morgan fingerprint density at radius 3 is 2.27 bits per heavy atom. The van der Waals surface area contributed by atoms with Crippen molar-refractivity contribution in [3.63, 3.8) is 0 Å². The standard InChI is InChI=1S/C12H21NO2/c1-7-15-11(14)10(3)13-9(2)8-12(4,5)6/h13H,2-3,7-8H2,1,4-6H3. The second-order valence-electron chi connectivity index (χ2n) is 4.67. The summed E-state index contributed by atoms with van der Waals surface area (Å²) < 4.78 is 4.79. The summed E-state index contributed by atoms with van der Waals surface area (Å²) in [6, 6.07) is 0. The van der Waals surface area contributed by atoms with E-state index >= 15 is 0 Å². The van der Waals surface area contributed by atoms with E-state index in [1.807, 2.05) is 0 Å². The van der Waals surface area contributed by atoms with Gasteiger partial charge < -0.3 is 10.1 Å². The molecule has 0 fully saturated rings. The molecule has 0 aliphatic rings. The summed E-state index contributed by atoms with van der Waals surface area (Å²) >= 11 is 0. The van der Waals surface area contributed by atoms with Gasteiger partial charge in [0.15, 0.2) is 0 Å². The third-order valence-electron chi connectivity index (χ3n) is 1.59. The summed E-state index contributed by atoms with van der Waals surface area (Å²) in [6.07, 6.45) is 0.783. The number of carbonyl (C=O) groups excluding carboxylic acids is 1. The van der Waals surface area contributed by atoms with E-state index < -0.39 is 5.97 Å². The van der Waals surface area contributed by atoms with Crippen LogP contribution >= 0.6 is 0 Å². The van der Waals surface area contributed by atoms with Gasteiger partial charge in [-0.25, -0.2) is 4.79 Å². The molecule has 0 aromatic heterocycles. The maximum Gasteiger partial charge on any atom is 0.354 e. The van der Waals surface area contributed by atoms with Crippen molar-refractivity contribution in [2.24, 2.45) is 5.41 Å². The highest BCUT2D eigenvalue weighted by molar-refractivity contribution is 5.87. The maximum absolute atomic E-state index is 11.2. The molecule has 0 heterocycles. The van der Waals surface area contributed by atoms with E-state index in [0.717, 1.165) is 12.1 Å². The van der Waals surface area contributed by atoms with Gasteiger partial charge in [0.1, 0.15) is 5.70 Å². The highest BCUT2D eigenvalue weighted by atomic mass is 16.5. The van der Waals surface area contributed by atoms with Crippen LogP contribution in [0, 0.1) is 5.41 Å². The minimum absolute atomic E-state index is 0.138. The number of hydrogen-bond acceptors (Lipinski definition) is 3. The summed E-state index contributed by atoms with van der Waals surface area (Å²) in [5.41, 5.74) is 1.16. The fraction of sp³-hybridized carbons (Fsp3) is 0.583. The topological polar surface area (TPSA) is 38.3 Å². The Bertz CT molecular complexity index is 261. The molecule has 0 bridgehead atoms. The monoisotopic (exact) mass is 211 g/mol. The summed E-state index contributed by atoms with van der Waals surface area (Å²) in [6.45, 7) is 15.9. The Labute approximate surface area is 92.2 Å². The van der Waals surface area contributed by atoms with E-state index in [4.69, 9.17) is 4.74 Å². The lowest BCUT2D eigenvalue weighted by Crippen LogP contribution is -2.23. The van der Waals surface area contributed by atoms with Crippen molar-refractivity contribution in [2.75, 3.05) is 6.61 Å². The molecule has 3 nitrogen and oxygen atoms in total. The van der Waals surface area contributed by atoms with Gasteiger partial charge in [-0.15, -0.1) is 0 Å². The molecule has 0 unspecified atom stereocenters. The molecule has 0 aromatic rings. The fourth-order valence-electron chi connectivity index (χ4n) is 1.17. The van der Waals surface area contributed by atoms with Crippen LogP contribution in [-0.4, -0.2) is 12.6 Å². The number of carbonyl (C=O) groups is 1. The van der Waals surface area contributed by atoms with Gasteiger partial charge in [0.05, 0.1) is 6.61 Å². The van der Waals surface area contributed by atoms with Crippen molar-refractivity contribution in [1.82, 2.24) is 5.32 Å². The van der Waals surface area contributed by atoms with E-state index in [-0.39, 0.29) is 11.1 Å². The van der Waals surface area contributed by atoms with Gasteiger partial charge in [0, 0.05) is 5.70 Å². The fourth-order valence-corrected chi connectivity index (χ4v) is 1.17. The van der Waals surface area contributed by atoms with Gasteiger partial charge in [-0.1, -0.05) is 33.9 Å². The number of allylic oxidation sites excluding steroid dienone is 1. The second kappa shape index (κ2) is 5.59. The van der Waals surface area contributed by atoms with E-state index in [1.165, 1.54) is 0 Å². The van der Waals surface area contributed by atoms with Crippen LogP contribution in [0.5, 0.6) is 0 Å². The van der Waals surface area contributed by atoms with Crippen LogP contribution in [0.15, 0.2) is 24.6 Å². The molecule has 0 spiro atoms. The maximum atomic E-state index is 11.2. The molecule has 0 rings (SSSR count). The van der Waals surface area contributed by atoms with Crippen molar-refractivity contribution < 1.29 is 9.53 Å². The first-order valence-corrected chi connectivity index (χ1v) is 5.07. The number of nitrogens with one attached hydrogen (secondary N) is 1. The highest BCUT2D eigenvalue weighted by Gasteiger charge is 2.14. The molecule has 0 radical (unpaired) electrons. The first-order valence-electron chi connectivity index (χ1n) is 5.07. The molecule has 1 N–H and O–H groups in total. The minimum Gasteiger partial charge on any atom is -0.461 e. The third kappa shape index (κ3) is 6.77. The molecule has 0 saturated carbocycles. The van der Waals surface area contributed by atoms with Crippen LogP contribution in [0.25, 0.3) is 0 Å². The molecular weight excluding hydrogens is 190 g/mol. The Kier molecular flexibility index (Phi) is 5.12. The highest BCUT2D eigenvalue weighted by Crippen LogP contribution is 2.22. The molecule has 0 atom stereocenters. The molecule has 0 aliphatic carbocycles. The normalized spacial score (nSPS) is 10.7. The van der Waals surface area contributed by atoms with Gasteiger partial charge in [0.2, 0.25) is 0 Å². The zero-order valence-corrected chi connectivity index (χ0v) is 10.1. The predicted octanol–water partition coefficient (Wildman–Crippen LogP) is 2.60. The minimum atomic E-state index is -0.424. The molecule has 3 heteroatoms. The quantitative estimate of drug-likeness (QED) is 0.561. The number of ether oxygens (including phenoxy) is 1. The van der Waals surface area contributed by atoms with Gasteiger partial charge in [0.25, 0.3) is 0 Å². The third-order valence-corrected chi connectivity index (χ3v) is 1.59. The second-order valence-corrected chi connectivity index (χ2v) is 4.67. The van der Waals surface area contributed by atoms with Crippen LogP contribution in [-0.2, 0) is 9.53 Å². The van der Waals surface area contributed by atoms with Crippen molar-refractivity contribution in [1.29, 1.82) is 0 Å². The summed E-state index contributed by atoms with van der Waals surface area (Å²) in [7, 11) is 0. The lowest BCUT2D eigenvalue weighted by molar-refractivity contribution is -0.138. The molecule has 86 valence electrons. The molecule has 0 aromatic carbocycles. The van der Waals surface area contributed by atoms with Crippen LogP contribution in [0.2, 0.25) is 0 Å². The summed E-state index contributed by atoms with van der Waals surface area (Å²) in [4.78, 5) is 11.2. The zero-order chi connectivity index (χ0) is 12.1. The SMILES string of the molecule is C=C(CC(C)(C)C)NC(=C)C(=O)OCC. The average molecular weight is 211 g/mol.